The van der Waals surface area contributed by atoms with Crippen LogP contribution >= 0.6 is 0 Å². The van der Waals surface area contributed by atoms with E-state index < -0.39 is 12.1 Å². The molecule has 0 radical (unpaired) electrons. The van der Waals surface area contributed by atoms with Crippen LogP contribution in [0.2, 0.25) is 0 Å². The van der Waals surface area contributed by atoms with E-state index in [1.807, 2.05) is 6.07 Å². The minimum absolute atomic E-state index is 0.0428. The van der Waals surface area contributed by atoms with E-state index in [0.717, 1.165) is 0 Å². The Balaban J connectivity index is 2.51. The van der Waals surface area contributed by atoms with Gasteiger partial charge in [-0.05, 0) is 12.1 Å². The van der Waals surface area contributed by atoms with E-state index in [1.165, 1.54) is 6.20 Å². The summed E-state index contributed by atoms with van der Waals surface area (Å²) in [5.74, 6) is -1.33. The molecule has 0 fully saturated rings. The monoisotopic (exact) mass is 204 g/mol. The number of para-hydroxylation sites is 2. The lowest BCUT2D eigenvalue weighted by molar-refractivity contribution is -0.147. The molecule has 0 aliphatic carbocycles. The number of carbonyl (C=O) groups is 1. The summed E-state index contributed by atoms with van der Waals surface area (Å²) in [6.07, 6.45) is -0.358. The summed E-state index contributed by atoms with van der Waals surface area (Å²) in [5, 5.41) is 17.8. The summed E-state index contributed by atoms with van der Waals surface area (Å²) in [5.41, 5.74) is 1.27. The van der Waals surface area contributed by atoms with Crippen LogP contribution < -0.4 is 0 Å². The molecule has 15 heavy (non-hydrogen) atoms. The van der Waals surface area contributed by atoms with Gasteiger partial charge in [-0.3, -0.25) is 4.98 Å². The van der Waals surface area contributed by atoms with Crippen molar-refractivity contribution in [2.45, 2.75) is 6.10 Å². The summed E-state index contributed by atoms with van der Waals surface area (Å²) in [4.78, 5) is 18.5. The third-order valence-electron chi connectivity index (χ3n) is 1.98. The number of hydrogen-bond donors (Lipinski definition) is 2. The number of rotatable bonds is 2. The maximum Gasteiger partial charge on any atom is 0.338 e. The van der Waals surface area contributed by atoms with Crippen LogP contribution in [0.25, 0.3) is 11.0 Å². The topological polar surface area (TPSA) is 83.3 Å². The third kappa shape index (κ3) is 1.77. The standard InChI is InChI=1S/C10H8N2O3/c13-9(10(14)15)8-5-11-6-3-1-2-4-7(6)12-8/h1-5,9,13H,(H,14,15)/t9-/m0/s1. The normalized spacial score (nSPS) is 12.6. The molecule has 1 aromatic heterocycles. The molecule has 0 spiro atoms. The first-order valence-electron chi connectivity index (χ1n) is 4.31. The zero-order valence-electron chi connectivity index (χ0n) is 7.66. The highest BCUT2D eigenvalue weighted by atomic mass is 16.4. The molecular formula is C10H8N2O3. The number of aliphatic carboxylic acids is 1. The number of hydrogen-bond acceptors (Lipinski definition) is 4. The lowest BCUT2D eigenvalue weighted by Gasteiger charge is -2.04. The number of fused-ring (bicyclic) bond motifs is 1. The Kier molecular flexibility index (Phi) is 2.31. The Hall–Kier alpha value is -2.01. The van der Waals surface area contributed by atoms with Crippen LogP contribution in [0, 0.1) is 0 Å². The van der Waals surface area contributed by atoms with Crippen LogP contribution in [0.15, 0.2) is 30.5 Å². The molecule has 0 aliphatic heterocycles. The van der Waals surface area contributed by atoms with E-state index in [0.29, 0.717) is 11.0 Å². The number of aliphatic hydroxyl groups is 1. The maximum atomic E-state index is 10.5. The van der Waals surface area contributed by atoms with E-state index in [2.05, 4.69) is 9.97 Å². The average molecular weight is 204 g/mol. The van der Waals surface area contributed by atoms with Gasteiger partial charge in [-0.25, -0.2) is 9.78 Å². The lowest BCUT2D eigenvalue weighted by atomic mass is 10.2. The molecule has 0 aliphatic rings. The largest absolute Gasteiger partial charge is 0.479 e. The quantitative estimate of drug-likeness (QED) is 0.754. The minimum Gasteiger partial charge on any atom is -0.479 e. The number of benzene rings is 1. The summed E-state index contributed by atoms with van der Waals surface area (Å²) >= 11 is 0. The van der Waals surface area contributed by atoms with Gasteiger partial charge in [-0.2, -0.15) is 0 Å². The molecule has 0 bridgehead atoms. The SMILES string of the molecule is O=C(O)[C@@H](O)c1cnc2ccccc2n1. The first-order valence-corrected chi connectivity index (χ1v) is 4.31. The van der Waals surface area contributed by atoms with Crippen molar-refractivity contribution < 1.29 is 15.0 Å². The molecule has 1 atom stereocenters. The van der Waals surface area contributed by atoms with Crippen LogP contribution in [0.3, 0.4) is 0 Å². The highest BCUT2D eigenvalue weighted by Gasteiger charge is 2.17. The van der Waals surface area contributed by atoms with E-state index in [-0.39, 0.29) is 5.69 Å². The van der Waals surface area contributed by atoms with E-state index >= 15 is 0 Å². The minimum atomic E-state index is -1.62. The van der Waals surface area contributed by atoms with Gasteiger partial charge in [0.1, 0.15) is 0 Å². The van der Waals surface area contributed by atoms with E-state index in [1.54, 1.807) is 18.2 Å². The van der Waals surface area contributed by atoms with Gasteiger partial charge in [-0.15, -0.1) is 0 Å². The molecule has 2 aromatic rings. The molecule has 76 valence electrons. The molecule has 1 aromatic carbocycles. The number of carboxylic acids is 1. The second-order valence-electron chi connectivity index (χ2n) is 3.02. The Morgan fingerprint density at radius 2 is 1.93 bits per heavy atom. The van der Waals surface area contributed by atoms with Gasteiger partial charge >= 0.3 is 5.97 Å². The highest BCUT2D eigenvalue weighted by molar-refractivity contribution is 5.76. The average Bonchev–Trinajstić information content (AvgIpc) is 2.27. The number of aliphatic hydroxyl groups excluding tert-OH is 1. The molecule has 5 heteroatoms. The fourth-order valence-electron chi connectivity index (χ4n) is 1.23. The zero-order valence-corrected chi connectivity index (χ0v) is 7.66. The van der Waals surface area contributed by atoms with Crippen molar-refractivity contribution in [3.8, 4) is 0 Å². The molecule has 2 rings (SSSR count). The highest BCUT2D eigenvalue weighted by Crippen LogP contribution is 2.13. The maximum absolute atomic E-state index is 10.5. The molecule has 5 nitrogen and oxygen atoms in total. The first-order chi connectivity index (χ1) is 7.18. The van der Waals surface area contributed by atoms with Gasteiger partial charge in [0.25, 0.3) is 0 Å². The Labute approximate surface area is 85.0 Å². The first kappa shape index (κ1) is 9.54. The smallest absolute Gasteiger partial charge is 0.338 e. The number of nitrogens with zero attached hydrogens (tertiary/aromatic N) is 2. The number of aromatic nitrogens is 2. The summed E-state index contributed by atoms with van der Waals surface area (Å²) in [6.45, 7) is 0. The van der Waals surface area contributed by atoms with Gasteiger partial charge in [0.15, 0.2) is 6.10 Å². The molecular weight excluding hydrogens is 196 g/mol. The Bertz CT molecular complexity index is 513. The lowest BCUT2D eigenvalue weighted by Crippen LogP contribution is -2.12. The van der Waals surface area contributed by atoms with Crippen molar-refractivity contribution in [3.63, 3.8) is 0 Å². The predicted molar refractivity (Wildman–Crippen MR) is 52.1 cm³/mol. The van der Waals surface area contributed by atoms with Gasteiger partial charge < -0.3 is 10.2 Å². The molecule has 0 amide bonds. The van der Waals surface area contributed by atoms with Crippen molar-refractivity contribution in [2.75, 3.05) is 0 Å². The third-order valence-corrected chi connectivity index (χ3v) is 1.98. The zero-order chi connectivity index (χ0) is 10.8. The summed E-state index contributed by atoms with van der Waals surface area (Å²) < 4.78 is 0. The summed E-state index contributed by atoms with van der Waals surface area (Å²) in [7, 11) is 0. The van der Waals surface area contributed by atoms with Crippen molar-refractivity contribution in [2.24, 2.45) is 0 Å². The van der Waals surface area contributed by atoms with Gasteiger partial charge in [0.2, 0.25) is 0 Å². The van der Waals surface area contributed by atoms with E-state index in [4.69, 9.17) is 5.11 Å². The Morgan fingerprint density at radius 1 is 1.27 bits per heavy atom. The molecule has 0 saturated carbocycles. The van der Waals surface area contributed by atoms with Crippen LogP contribution in [0.5, 0.6) is 0 Å². The van der Waals surface area contributed by atoms with Crippen LogP contribution in [-0.2, 0) is 4.79 Å². The second-order valence-corrected chi connectivity index (χ2v) is 3.02. The summed E-state index contributed by atoms with van der Waals surface area (Å²) in [6, 6.07) is 7.05. The van der Waals surface area contributed by atoms with E-state index in [9.17, 15) is 9.90 Å². The van der Waals surface area contributed by atoms with Crippen molar-refractivity contribution >= 4 is 17.0 Å². The van der Waals surface area contributed by atoms with Crippen molar-refractivity contribution in [1.29, 1.82) is 0 Å². The molecule has 0 unspecified atom stereocenters. The van der Waals surface area contributed by atoms with Crippen LogP contribution in [0.4, 0.5) is 0 Å². The fourth-order valence-corrected chi connectivity index (χ4v) is 1.23. The second kappa shape index (κ2) is 3.62. The molecule has 1 heterocycles. The van der Waals surface area contributed by atoms with Gasteiger partial charge in [-0.1, -0.05) is 12.1 Å². The predicted octanol–water partition coefficient (Wildman–Crippen LogP) is 0.748. The molecule has 2 N–H and O–H groups in total. The van der Waals surface area contributed by atoms with Crippen LogP contribution in [-0.4, -0.2) is 26.2 Å². The fraction of sp³-hybridized carbons (Fsp3) is 0.100. The van der Waals surface area contributed by atoms with Crippen molar-refractivity contribution in [1.82, 2.24) is 9.97 Å². The molecule has 0 saturated heterocycles. The number of carboxylic acid groups (broad SMARTS) is 1. The van der Waals surface area contributed by atoms with Gasteiger partial charge in [0, 0.05) is 0 Å². The Morgan fingerprint density at radius 3 is 2.60 bits per heavy atom. The van der Waals surface area contributed by atoms with Gasteiger partial charge in [0.05, 0.1) is 22.9 Å². The van der Waals surface area contributed by atoms with Crippen molar-refractivity contribution in [3.05, 3.63) is 36.2 Å². The van der Waals surface area contributed by atoms with Crippen LogP contribution in [0.1, 0.15) is 11.8 Å².